The molecule has 0 aliphatic rings. The first kappa shape index (κ1) is 12.7. The van der Waals surface area contributed by atoms with E-state index in [0.717, 1.165) is 11.5 Å². The standard InChI is InChI=1S/C12H15ClN4O/c1-16(2)12-14-11(15-17(12)3)8-5-6-10(18-4)9(13)7-8/h5-7H,1-4H3. The number of benzene rings is 1. The first-order valence-corrected chi connectivity index (χ1v) is 5.83. The zero-order valence-electron chi connectivity index (χ0n) is 10.8. The maximum atomic E-state index is 6.09. The minimum Gasteiger partial charge on any atom is -0.495 e. The predicted molar refractivity (Wildman–Crippen MR) is 72.3 cm³/mol. The van der Waals surface area contributed by atoms with E-state index in [4.69, 9.17) is 16.3 Å². The molecule has 0 atom stereocenters. The van der Waals surface area contributed by atoms with E-state index < -0.39 is 0 Å². The van der Waals surface area contributed by atoms with Crippen LogP contribution < -0.4 is 9.64 Å². The molecule has 0 unspecified atom stereocenters. The summed E-state index contributed by atoms with van der Waals surface area (Å²) in [6, 6.07) is 5.50. The van der Waals surface area contributed by atoms with Gasteiger partial charge in [-0.2, -0.15) is 4.98 Å². The summed E-state index contributed by atoms with van der Waals surface area (Å²) in [5, 5.41) is 4.91. The van der Waals surface area contributed by atoms with E-state index in [2.05, 4.69) is 10.1 Å². The Morgan fingerprint density at radius 1 is 1.33 bits per heavy atom. The molecule has 0 N–H and O–H groups in total. The average molecular weight is 267 g/mol. The van der Waals surface area contributed by atoms with Crippen molar-refractivity contribution >= 4 is 17.5 Å². The minimum absolute atomic E-state index is 0.550. The quantitative estimate of drug-likeness (QED) is 0.854. The Labute approximate surface area is 111 Å². The molecule has 1 heterocycles. The predicted octanol–water partition coefficient (Wildman–Crippen LogP) is 2.21. The molecule has 0 aliphatic heterocycles. The highest BCUT2D eigenvalue weighted by Gasteiger charge is 2.12. The monoisotopic (exact) mass is 266 g/mol. The number of nitrogens with zero attached hydrogens (tertiary/aromatic N) is 4. The van der Waals surface area contributed by atoms with Gasteiger partial charge >= 0.3 is 0 Å². The molecule has 18 heavy (non-hydrogen) atoms. The highest BCUT2D eigenvalue weighted by atomic mass is 35.5. The van der Waals surface area contributed by atoms with Crippen LogP contribution in [0.5, 0.6) is 5.75 Å². The second kappa shape index (κ2) is 4.86. The summed E-state index contributed by atoms with van der Waals surface area (Å²) in [5.41, 5.74) is 0.865. The number of hydrogen-bond acceptors (Lipinski definition) is 4. The summed E-state index contributed by atoms with van der Waals surface area (Å²) >= 11 is 6.09. The van der Waals surface area contributed by atoms with Crippen LogP contribution in [0.2, 0.25) is 5.02 Å². The van der Waals surface area contributed by atoms with E-state index in [9.17, 15) is 0 Å². The van der Waals surface area contributed by atoms with Crippen molar-refractivity contribution in [3.63, 3.8) is 0 Å². The lowest BCUT2D eigenvalue weighted by atomic mass is 10.2. The number of aryl methyl sites for hydroxylation is 1. The van der Waals surface area contributed by atoms with Crippen molar-refractivity contribution < 1.29 is 4.74 Å². The maximum Gasteiger partial charge on any atom is 0.223 e. The number of anilines is 1. The van der Waals surface area contributed by atoms with E-state index in [0.29, 0.717) is 16.6 Å². The molecule has 96 valence electrons. The van der Waals surface area contributed by atoms with Gasteiger partial charge in [-0.15, -0.1) is 5.10 Å². The van der Waals surface area contributed by atoms with Crippen LogP contribution in [0.3, 0.4) is 0 Å². The summed E-state index contributed by atoms with van der Waals surface area (Å²) in [4.78, 5) is 6.36. The van der Waals surface area contributed by atoms with Gasteiger partial charge in [0.25, 0.3) is 0 Å². The minimum atomic E-state index is 0.550. The molecule has 0 spiro atoms. The van der Waals surface area contributed by atoms with Crippen molar-refractivity contribution in [2.24, 2.45) is 7.05 Å². The lowest BCUT2D eigenvalue weighted by molar-refractivity contribution is 0.415. The summed E-state index contributed by atoms with van der Waals surface area (Å²) in [7, 11) is 7.30. The molecule has 0 fully saturated rings. The van der Waals surface area contributed by atoms with E-state index in [1.165, 1.54) is 0 Å². The van der Waals surface area contributed by atoms with Gasteiger partial charge < -0.3 is 9.64 Å². The molecule has 1 aromatic carbocycles. The molecule has 0 saturated carbocycles. The Balaban J connectivity index is 2.43. The Kier molecular flexibility index (Phi) is 3.43. The van der Waals surface area contributed by atoms with Crippen molar-refractivity contribution in [3.05, 3.63) is 23.2 Å². The number of rotatable bonds is 3. The number of ether oxygens (including phenoxy) is 1. The molecule has 2 aromatic rings. The van der Waals surface area contributed by atoms with Gasteiger partial charge in [0, 0.05) is 26.7 Å². The first-order chi connectivity index (χ1) is 8.52. The highest BCUT2D eigenvalue weighted by Crippen LogP contribution is 2.29. The number of methoxy groups -OCH3 is 1. The lowest BCUT2D eigenvalue weighted by Crippen LogP contribution is -2.14. The fourth-order valence-corrected chi connectivity index (χ4v) is 1.95. The lowest BCUT2D eigenvalue weighted by Gasteiger charge is -2.08. The van der Waals surface area contributed by atoms with Crippen LogP contribution in [-0.4, -0.2) is 36.0 Å². The van der Waals surface area contributed by atoms with Crippen LogP contribution >= 0.6 is 11.6 Å². The van der Waals surface area contributed by atoms with Crippen molar-refractivity contribution in [3.8, 4) is 17.1 Å². The Bertz CT molecular complexity index is 565. The first-order valence-electron chi connectivity index (χ1n) is 5.45. The molecule has 0 bridgehead atoms. The molecular weight excluding hydrogens is 252 g/mol. The SMILES string of the molecule is COc1ccc(-c2nc(N(C)C)n(C)n2)cc1Cl. The molecule has 0 saturated heterocycles. The third-order valence-electron chi connectivity index (χ3n) is 2.55. The van der Waals surface area contributed by atoms with Crippen molar-refractivity contribution in [2.75, 3.05) is 26.1 Å². The third-order valence-corrected chi connectivity index (χ3v) is 2.85. The molecule has 5 nitrogen and oxygen atoms in total. The van der Waals surface area contributed by atoms with E-state index in [1.54, 1.807) is 17.9 Å². The smallest absolute Gasteiger partial charge is 0.223 e. The summed E-state index contributed by atoms with van der Waals surface area (Å²) < 4.78 is 6.85. The van der Waals surface area contributed by atoms with Crippen LogP contribution in [-0.2, 0) is 7.05 Å². The van der Waals surface area contributed by atoms with Gasteiger partial charge in [0.15, 0.2) is 5.82 Å². The Hall–Kier alpha value is -1.75. The van der Waals surface area contributed by atoms with Gasteiger partial charge in [0.2, 0.25) is 5.95 Å². The summed E-state index contributed by atoms with van der Waals surface area (Å²) in [5.74, 6) is 2.08. The van der Waals surface area contributed by atoms with Gasteiger partial charge in [0.05, 0.1) is 12.1 Å². The number of hydrogen-bond donors (Lipinski definition) is 0. The molecule has 0 radical (unpaired) electrons. The topological polar surface area (TPSA) is 43.2 Å². The van der Waals surface area contributed by atoms with Gasteiger partial charge in [0.1, 0.15) is 5.75 Å². The van der Waals surface area contributed by atoms with E-state index in [-0.39, 0.29) is 0 Å². The molecular formula is C12H15ClN4O. The second-order valence-electron chi connectivity index (χ2n) is 4.10. The van der Waals surface area contributed by atoms with E-state index in [1.807, 2.05) is 38.2 Å². The fraction of sp³-hybridized carbons (Fsp3) is 0.333. The fourth-order valence-electron chi connectivity index (χ4n) is 1.69. The Morgan fingerprint density at radius 2 is 2.06 bits per heavy atom. The molecule has 0 aliphatic carbocycles. The second-order valence-corrected chi connectivity index (χ2v) is 4.51. The summed E-state index contributed by atoms with van der Waals surface area (Å²) in [6.07, 6.45) is 0. The van der Waals surface area contributed by atoms with Crippen molar-refractivity contribution in [1.29, 1.82) is 0 Å². The highest BCUT2D eigenvalue weighted by molar-refractivity contribution is 6.32. The maximum absolute atomic E-state index is 6.09. The van der Waals surface area contributed by atoms with Crippen LogP contribution in [0.1, 0.15) is 0 Å². The van der Waals surface area contributed by atoms with Crippen LogP contribution in [0.4, 0.5) is 5.95 Å². The number of aromatic nitrogens is 3. The van der Waals surface area contributed by atoms with Crippen LogP contribution in [0, 0.1) is 0 Å². The zero-order chi connectivity index (χ0) is 13.3. The van der Waals surface area contributed by atoms with Gasteiger partial charge in [-0.05, 0) is 18.2 Å². The Morgan fingerprint density at radius 3 is 2.56 bits per heavy atom. The van der Waals surface area contributed by atoms with Crippen LogP contribution in [0.25, 0.3) is 11.4 Å². The van der Waals surface area contributed by atoms with Gasteiger partial charge in [-0.25, -0.2) is 4.68 Å². The van der Waals surface area contributed by atoms with Gasteiger partial charge in [-0.1, -0.05) is 11.6 Å². The number of halogens is 1. The average Bonchev–Trinajstić information content (AvgIpc) is 2.71. The molecule has 6 heteroatoms. The third kappa shape index (κ3) is 2.26. The van der Waals surface area contributed by atoms with E-state index >= 15 is 0 Å². The molecule has 1 aromatic heterocycles. The van der Waals surface area contributed by atoms with Crippen molar-refractivity contribution in [1.82, 2.24) is 14.8 Å². The zero-order valence-corrected chi connectivity index (χ0v) is 11.6. The summed E-state index contributed by atoms with van der Waals surface area (Å²) in [6.45, 7) is 0. The molecule has 0 amide bonds. The molecule has 2 rings (SSSR count). The normalized spacial score (nSPS) is 10.5. The largest absolute Gasteiger partial charge is 0.495 e. The van der Waals surface area contributed by atoms with Crippen LogP contribution in [0.15, 0.2) is 18.2 Å². The van der Waals surface area contributed by atoms with Gasteiger partial charge in [-0.3, -0.25) is 0 Å². The van der Waals surface area contributed by atoms with Crippen molar-refractivity contribution in [2.45, 2.75) is 0 Å².